The first-order valence-corrected chi connectivity index (χ1v) is 8.26. The summed E-state index contributed by atoms with van der Waals surface area (Å²) in [6, 6.07) is 8.92. The molecule has 1 atom stereocenters. The topological polar surface area (TPSA) is 42.2 Å². The number of benzene rings is 2. The summed E-state index contributed by atoms with van der Waals surface area (Å²) in [6.45, 7) is 3.25. The van der Waals surface area contributed by atoms with Crippen molar-refractivity contribution < 1.29 is 27.5 Å². The second-order valence-electron chi connectivity index (χ2n) is 6.48. The first kappa shape index (κ1) is 18.9. The molecule has 142 valence electrons. The lowest BCUT2D eigenvalue weighted by Crippen LogP contribution is -2.10. The van der Waals surface area contributed by atoms with Crippen LogP contribution in [0.2, 0.25) is 0 Å². The molecule has 27 heavy (non-hydrogen) atoms. The molecule has 0 aliphatic heterocycles. The first-order valence-electron chi connectivity index (χ1n) is 8.26. The Morgan fingerprint density at radius 1 is 1.15 bits per heavy atom. The van der Waals surface area contributed by atoms with Gasteiger partial charge >= 0.3 is 12.1 Å². The normalized spacial score (nSPS) is 13.1. The molecule has 0 fully saturated rings. The fourth-order valence-corrected chi connectivity index (χ4v) is 3.49. The minimum atomic E-state index is -4.42. The third-order valence-corrected chi connectivity index (χ3v) is 4.80. The molecule has 1 aromatic heterocycles. The Morgan fingerprint density at radius 3 is 2.33 bits per heavy atom. The van der Waals surface area contributed by atoms with Crippen LogP contribution in [0.15, 0.2) is 42.5 Å². The molecule has 7 heteroatoms. The zero-order chi connectivity index (χ0) is 19.9. The van der Waals surface area contributed by atoms with E-state index < -0.39 is 23.5 Å². The van der Waals surface area contributed by atoms with Gasteiger partial charge in [0.05, 0.1) is 5.56 Å². The van der Waals surface area contributed by atoms with Gasteiger partial charge in [0.2, 0.25) is 0 Å². The molecular weight excluding hydrogens is 362 g/mol. The highest BCUT2D eigenvalue weighted by Gasteiger charge is 2.30. The molecule has 3 aromatic rings. The summed E-state index contributed by atoms with van der Waals surface area (Å²) in [5, 5.41) is 9.73. The Hall–Kier alpha value is -2.83. The van der Waals surface area contributed by atoms with E-state index in [-0.39, 0.29) is 12.5 Å². The Bertz CT molecular complexity index is 1000. The van der Waals surface area contributed by atoms with Crippen molar-refractivity contribution >= 4 is 16.9 Å². The van der Waals surface area contributed by atoms with E-state index in [2.05, 4.69) is 0 Å². The van der Waals surface area contributed by atoms with Gasteiger partial charge in [0.25, 0.3) is 0 Å². The van der Waals surface area contributed by atoms with Gasteiger partial charge in [-0.1, -0.05) is 19.1 Å². The number of carbonyl (C=O) groups is 1. The lowest BCUT2D eigenvalue weighted by Gasteiger charge is -2.15. The van der Waals surface area contributed by atoms with Crippen molar-refractivity contribution in [2.45, 2.75) is 32.5 Å². The molecule has 0 bridgehead atoms. The van der Waals surface area contributed by atoms with Gasteiger partial charge in [-0.3, -0.25) is 4.79 Å². The van der Waals surface area contributed by atoms with Crippen LogP contribution in [0.4, 0.5) is 17.6 Å². The number of rotatable bonds is 4. The van der Waals surface area contributed by atoms with Crippen LogP contribution >= 0.6 is 0 Å². The second kappa shape index (κ2) is 6.72. The molecule has 0 radical (unpaired) electrons. The van der Waals surface area contributed by atoms with Crippen LogP contribution < -0.4 is 0 Å². The van der Waals surface area contributed by atoms with Crippen LogP contribution in [0.25, 0.3) is 10.9 Å². The predicted molar refractivity (Wildman–Crippen MR) is 93.2 cm³/mol. The van der Waals surface area contributed by atoms with Crippen LogP contribution in [0, 0.1) is 12.7 Å². The highest BCUT2D eigenvalue weighted by molar-refractivity contribution is 5.88. The monoisotopic (exact) mass is 379 g/mol. The van der Waals surface area contributed by atoms with Gasteiger partial charge in [0.1, 0.15) is 12.4 Å². The Balaban J connectivity index is 2.14. The second-order valence-corrected chi connectivity index (χ2v) is 6.48. The van der Waals surface area contributed by atoms with E-state index in [1.807, 2.05) is 0 Å². The summed E-state index contributed by atoms with van der Waals surface area (Å²) < 4.78 is 53.7. The third-order valence-electron chi connectivity index (χ3n) is 4.80. The number of carboxylic acids is 1. The Labute approximate surface area is 152 Å². The fourth-order valence-electron chi connectivity index (χ4n) is 3.49. The summed E-state index contributed by atoms with van der Waals surface area (Å²) >= 11 is 0. The molecule has 1 heterocycles. The minimum Gasteiger partial charge on any atom is -0.480 e. The average molecular weight is 379 g/mol. The standard InChI is InChI=1S/C20H17F4NO2/c1-11(13-3-5-14(6-4-13)20(22,23)24)19-12(2)25(10-18(26)27)17-8-7-15(21)9-16(17)19/h3-9,11H,10H2,1-2H3,(H,26,27). The molecule has 0 aliphatic carbocycles. The van der Waals surface area contributed by atoms with E-state index >= 15 is 0 Å². The van der Waals surface area contributed by atoms with E-state index in [0.29, 0.717) is 27.7 Å². The van der Waals surface area contributed by atoms with Crippen LogP contribution in [-0.4, -0.2) is 15.6 Å². The number of fused-ring (bicyclic) bond motifs is 1. The maximum atomic E-state index is 13.8. The summed E-state index contributed by atoms with van der Waals surface area (Å²) in [5.74, 6) is -1.84. The van der Waals surface area contributed by atoms with Crippen molar-refractivity contribution in [2.24, 2.45) is 0 Å². The van der Waals surface area contributed by atoms with Gasteiger partial charge in [-0.25, -0.2) is 4.39 Å². The number of carboxylic acid groups (broad SMARTS) is 1. The SMILES string of the molecule is Cc1c(C(C)c2ccc(C(F)(F)F)cc2)c2cc(F)ccc2n1CC(=O)O. The number of alkyl halides is 3. The van der Waals surface area contributed by atoms with E-state index in [0.717, 1.165) is 12.1 Å². The summed E-state index contributed by atoms with van der Waals surface area (Å²) in [5.41, 5.74) is 1.81. The lowest BCUT2D eigenvalue weighted by atomic mass is 9.90. The third kappa shape index (κ3) is 3.54. The van der Waals surface area contributed by atoms with Gasteiger partial charge < -0.3 is 9.67 Å². The maximum Gasteiger partial charge on any atom is 0.416 e. The fraction of sp³-hybridized carbons (Fsp3) is 0.250. The molecule has 2 aromatic carbocycles. The van der Waals surface area contributed by atoms with Crippen LogP contribution in [0.3, 0.4) is 0 Å². The number of aliphatic carboxylic acids is 1. The Morgan fingerprint density at radius 2 is 1.78 bits per heavy atom. The number of halogens is 4. The van der Waals surface area contributed by atoms with Gasteiger partial charge in [0.15, 0.2) is 0 Å². The van der Waals surface area contributed by atoms with Gasteiger partial charge in [-0.15, -0.1) is 0 Å². The highest BCUT2D eigenvalue weighted by Crippen LogP contribution is 2.37. The molecule has 0 amide bonds. The zero-order valence-electron chi connectivity index (χ0n) is 14.6. The van der Waals surface area contributed by atoms with Crippen LogP contribution in [-0.2, 0) is 17.5 Å². The molecule has 1 N–H and O–H groups in total. The van der Waals surface area contributed by atoms with Gasteiger partial charge in [-0.2, -0.15) is 13.2 Å². The molecular formula is C20H17F4NO2. The summed E-state index contributed by atoms with van der Waals surface area (Å²) in [6.07, 6.45) is -4.42. The van der Waals surface area contributed by atoms with Crippen molar-refractivity contribution in [3.8, 4) is 0 Å². The van der Waals surface area contributed by atoms with Gasteiger partial charge in [-0.05, 0) is 48.4 Å². The average Bonchev–Trinajstić information content (AvgIpc) is 2.84. The van der Waals surface area contributed by atoms with Crippen LogP contribution in [0.1, 0.15) is 35.2 Å². The molecule has 0 spiro atoms. The summed E-state index contributed by atoms with van der Waals surface area (Å²) in [4.78, 5) is 11.2. The highest BCUT2D eigenvalue weighted by atomic mass is 19.4. The van der Waals surface area contributed by atoms with Crippen LogP contribution in [0.5, 0.6) is 0 Å². The molecule has 1 unspecified atom stereocenters. The van der Waals surface area contributed by atoms with E-state index in [4.69, 9.17) is 0 Å². The van der Waals surface area contributed by atoms with Crippen molar-refractivity contribution in [3.05, 3.63) is 70.7 Å². The number of hydrogen-bond acceptors (Lipinski definition) is 1. The maximum absolute atomic E-state index is 13.8. The number of hydrogen-bond donors (Lipinski definition) is 1. The molecule has 0 saturated heterocycles. The van der Waals surface area contributed by atoms with Crippen molar-refractivity contribution in [1.29, 1.82) is 0 Å². The number of aromatic nitrogens is 1. The molecule has 0 aliphatic rings. The quantitative estimate of drug-likeness (QED) is 0.622. The number of nitrogens with zero attached hydrogens (tertiary/aromatic N) is 1. The van der Waals surface area contributed by atoms with E-state index in [9.17, 15) is 27.5 Å². The lowest BCUT2D eigenvalue weighted by molar-refractivity contribution is -0.138. The van der Waals surface area contributed by atoms with E-state index in [1.54, 1.807) is 18.4 Å². The minimum absolute atomic E-state index is 0.284. The molecule has 3 rings (SSSR count). The van der Waals surface area contributed by atoms with Crippen molar-refractivity contribution in [1.82, 2.24) is 4.57 Å². The van der Waals surface area contributed by atoms with E-state index in [1.165, 1.54) is 30.3 Å². The first-order chi connectivity index (χ1) is 12.6. The predicted octanol–water partition coefficient (Wildman–Crippen LogP) is 5.34. The summed E-state index contributed by atoms with van der Waals surface area (Å²) in [7, 11) is 0. The Kier molecular flexibility index (Phi) is 4.71. The molecule has 3 nitrogen and oxygen atoms in total. The smallest absolute Gasteiger partial charge is 0.416 e. The largest absolute Gasteiger partial charge is 0.480 e. The van der Waals surface area contributed by atoms with Crippen molar-refractivity contribution in [3.63, 3.8) is 0 Å². The molecule has 0 saturated carbocycles. The van der Waals surface area contributed by atoms with Gasteiger partial charge in [0, 0.05) is 22.5 Å². The van der Waals surface area contributed by atoms with Crippen molar-refractivity contribution in [2.75, 3.05) is 0 Å². The zero-order valence-corrected chi connectivity index (χ0v) is 14.6.